The maximum absolute atomic E-state index is 12.8. The van der Waals surface area contributed by atoms with Crippen molar-refractivity contribution in [2.24, 2.45) is 0 Å². The highest BCUT2D eigenvalue weighted by atomic mass is 35.5. The van der Waals surface area contributed by atoms with E-state index in [1.165, 1.54) is 10.4 Å². The third kappa shape index (κ3) is 2.91. The Bertz CT molecular complexity index is 900. The minimum Gasteiger partial charge on any atom is -0.312 e. The quantitative estimate of drug-likeness (QED) is 0.764. The number of rotatable bonds is 3. The molecule has 0 spiro atoms. The Kier molecular flexibility index (Phi) is 4.77. The number of aryl methyl sites for hydroxylation is 1. The van der Waals surface area contributed by atoms with E-state index in [1.54, 1.807) is 33.6 Å². The Hall–Kier alpha value is -1.35. The molecule has 3 aromatic heterocycles. The van der Waals surface area contributed by atoms with Crippen molar-refractivity contribution in [2.75, 3.05) is 6.54 Å². The Morgan fingerprint density at radius 3 is 2.91 bits per heavy atom. The van der Waals surface area contributed by atoms with Crippen molar-refractivity contribution in [3.8, 4) is 0 Å². The average Bonchev–Trinajstić information content (AvgIpc) is 3.14. The second-order valence-corrected chi connectivity index (χ2v) is 7.46. The molecule has 4 heterocycles. The Morgan fingerprint density at radius 1 is 1.30 bits per heavy atom. The molecule has 0 aromatic carbocycles. The van der Waals surface area contributed by atoms with Crippen LogP contribution in [0.15, 0.2) is 11.1 Å². The van der Waals surface area contributed by atoms with E-state index in [0.29, 0.717) is 6.54 Å². The molecule has 6 nitrogen and oxygen atoms in total. The molecule has 0 radical (unpaired) electrons. The average molecular weight is 370 g/mol. The smallest absolute Gasteiger partial charge is 0.262 e. The summed E-state index contributed by atoms with van der Waals surface area (Å²) in [5.41, 5.74) is 1.22. The van der Waals surface area contributed by atoms with Gasteiger partial charge in [-0.25, -0.2) is 4.98 Å². The van der Waals surface area contributed by atoms with Crippen LogP contribution in [0, 0.1) is 0 Å². The van der Waals surface area contributed by atoms with Crippen molar-refractivity contribution >= 4 is 45.3 Å². The molecule has 0 aliphatic carbocycles. The third-order valence-electron chi connectivity index (χ3n) is 3.82. The molecular formula is C14H16ClN5OS2. The maximum atomic E-state index is 12.8. The zero-order valence-corrected chi connectivity index (χ0v) is 15.0. The number of aromatic nitrogens is 4. The van der Waals surface area contributed by atoms with Crippen molar-refractivity contribution in [2.45, 2.75) is 32.9 Å². The number of halogens is 1. The highest BCUT2D eigenvalue weighted by molar-refractivity contribution is 7.18. The van der Waals surface area contributed by atoms with Gasteiger partial charge in [0.05, 0.1) is 18.3 Å². The number of hydrogen-bond acceptors (Lipinski definition) is 7. The van der Waals surface area contributed by atoms with Crippen LogP contribution in [0.4, 0.5) is 0 Å². The molecular weight excluding hydrogens is 354 g/mol. The van der Waals surface area contributed by atoms with Gasteiger partial charge in [0.1, 0.15) is 14.8 Å². The molecule has 0 unspecified atom stereocenters. The van der Waals surface area contributed by atoms with Gasteiger partial charge < -0.3 is 5.32 Å². The van der Waals surface area contributed by atoms with Gasteiger partial charge in [-0.3, -0.25) is 9.36 Å². The summed E-state index contributed by atoms with van der Waals surface area (Å²) in [5, 5.41) is 14.2. The number of hydrogen-bond donors (Lipinski definition) is 1. The monoisotopic (exact) mass is 369 g/mol. The molecule has 0 saturated carbocycles. The first-order valence-corrected chi connectivity index (χ1v) is 8.91. The Labute approximate surface area is 147 Å². The molecule has 1 aliphatic heterocycles. The van der Waals surface area contributed by atoms with Crippen molar-refractivity contribution in [1.29, 1.82) is 0 Å². The van der Waals surface area contributed by atoms with E-state index in [4.69, 9.17) is 0 Å². The van der Waals surface area contributed by atoms with Gasteiger partial charge in [-0.1, -0.05) is 18.3 Å². The summed E-state index contributed by atoms with van der Waals surface area (Å²) in [5.74, 6) is 0. The zero-order chi connectivity index (χ0) is 15.1. The minimum atomic E-state index is 0. The van der Waals surface area contributed by atoms with Gasteiger partial charge in [0.2, 0.25) is 0 Å². The number of nitrogens with one attached hydrogen (secondary N) is 1. The van der Waals surface area contributed by atoms with Crippen LogP contribution in [0.2, 0.25) is 0 Å². The second kappa shape index (κ2) is 6.64. The summed E-state index contributed by atoms with van der Waals surface area (Å²) in [6, 6.07) is 0. The molecule has 1 aliphatic rings. The Morgan fingerprint density at radius 2 is 2.13 bits per heavy atom. The van der Waals surface area contributed by atoms with Crippen LogP contribution < -0.4 is 10.9 Å². The topological polar surface area (TPSA) is 72.7 Å². The molecule has 0 amide bonds. The van der Waals surface area contributed by atoms with Crippen LogP contribution >= 0.6 is 35.1 Å². The highest BCUT2D eigenvalue weighted by Gasteiger charge is 2.20. The second-order valence-electron chi connectivity index (χ2n) is 5.23. The molecule has 0 bridgehead atoms. The number of fused-ring (bicyclic) bond motifs is 3. The molecule has 23 heavy (non-hydrogen) atoms. The molecule has 0 atom stereocenters. The van der Waals surface area contributed by atoms with E-state index < -0.39 is 0 Å². The largest absolute Gasteiger partial charge is 0.312 e. The van der Waals surface area contributed by atoms with E-state index in [0.717, 1.165) is 46.2 Å². The SMILES string of the molecule is CCc1nnc(Cn2cnc3sc4c(c3c2=O)CCNC4)s1.Cl. The summed E-state index contributed by atoms with van der Waals surface area (Å²) in [7, 11) is 0. The number of thiophene rings is 1. The van der Waals surface area contributed by atoms with Crippen molar-refractivity contribution in [1.82, 2.24) is 25.1 Å². The van der Waals surface area contributed by atoms with Crippen LogP contribution in [0.5, 0.6) is 0 Å². The van der Waals surface area contributed by atoms with Crippen LogP contribution in [0.3, 0.4) is 0 Å². The van der Waals surface area contributed by atoms with E-state index in [9.17, 15) is 4.79 Å². The minimum absolute atomic E-state index is 0. The first-order valence-electron chi connectivity index (χ1n) is 7.28. The first kappa shape index (κ1) is 16.5. The van der Waals surface area contributed by atoms with Gasteiger partial charge in [-0.2, -0.15) is 0 Å². The predicted octanol–water partition coefficient (Wildman–Crippen LogP) is 1.99. The fourth-order valence-electron chi connectivity index (χ4n) is 2.70. The highest BCUT2D eigenvalue weighted by Crippen LogP contribution is 2.29. The molecule has 0 saturated heterocycles. The van der Waals surface area contributed by atoms with Gasteiger partial charge in [0.25, 0.3) is 5.56 Å². The van der Waals surface area contributed by atoms with Crippen molar-refractivity contribution < 1.29 is 0 Å². The molecule has 4 rings (SSSR count). The zero-order valence-electron chi connectivity index (χ0n) is 12.5. The van der Waals surface area contributed by atoms with Crippen molar-refractivity contribution in [3.05, 3.63) is 37.1 Å². The third-order valence-corrected chi connectivity index (χ3v) is 6.01. The van der Waals surface area contributed by atoms with Crippen LogP contribution in [-0.2, 0) is 25.9 Å². The van der Waals surface area contributed by atoms with Gasteiger partial charge in [-0.05, 0) is 24.9 Å². The summed E-state index contributed by atoms with van der Waals surface area (Å²) in [6.07, 6.45) is 3.40. The van der Waals surface area contributed by atoms with Crippen LogP contribution in [0.1, 0.15) is 27.4 Å². The van der Waals surface area contributed by atoms with Gasteiger partial charge in [0.15, 0.2) is 0 Å². The van der Waals surface area contributed by atoms with Gasteiger partial charge in [0, 0.05) is 11.4 Å². The lowest BCUT2D eigenvalue weighted by Crippen LogP contribution is -2.25. The summed E-state index contributed by atoms with van der Waals surface area (Å²) < 4.78 is 1.65. The molecule has 122 valence electrons. The van der Waals surface area contributed by atoms with Crippen LogP contribution in [-0.4, -0.2) is 26.3 Å². The van der Waals surface area contributed by atoms with E-state index >= 15 is 0 Å². The lowest BCUT2D eigenvalue weighted by molar-refractivity contribution is 0.656. The maximum Gasteiger partial charge on any atom is 0.262 e. The van der Waals surface area contributed by atoms with Gasteiger partial charge >= 0.3 is 0 Å². The fourth-order valence-corrected chi connectivity index (χ4v) is 4.63. The van der Waals surface area contributed by atoms with E-state index in [2.05, 4.69) is 27.4 Å². The van der Waals surface area contributed by atoms with Crippen molar-refractivity contribution in [3.63, 3.8) is 0 Å². The molecule has 9 heteroatoms. The molecule has 3 aromatic rings. The fraction of sp³-hybridized carbons (Fsp3) is 0.429. The normalized spacial score (nSPS) is 13.8. The standard InChI is InChI=1S/C14H15N5OS2.ClH/c1-2-10-17-18-11(22-10)6-19-7-16-13-12(14(19)20)8-3-4-15-5-9(8)21-13;/h7,15H,2-6H2,1H3;1H. The molecule has 1 N–H and O–H groups in total. The Balaban J connectivity index is 0.00000156. The number of nitrogens with zero attached hydrogens (tertiary/aromatic N) is 4. The summed E-state index contributed by atoms with van der Waals surface area (Å²) in [4.78, 5) is 19.4. The molecule has 0 fully saturated rings. The van der Waals surface area contributed by atoms with E-state index in [-0.39, 0.29) is 18.0 Å². The lowest BCUT2D eigenvalue weighted by atomic mass is 10.1. The van der Waals surface area contributed by atoms with E-state index in [1.807, 2.05) is 0 Å². The lowest BCUT2D eigenvalue weighted by Gasteiger charge is -2.12. The summed E-state index contributed by atoms with van der Waals surface area (Å²) >= 11 is 3.18. The van der Waals surface area contributed by atoms with Gasteiger partial charge in [-0.15, -0.1) is 33.9 Å². The summed E-state index contributed by atoms with van der Waals surface area (Å²) in [6.45, 7) is 4.26. The predicted molar refractivity (Wildman–Crippen MR) is 94.9 cm³/mol. The van der Waals surface area contributed by atoms with Crippen LogP contribution in [0.25, 0.3) is 10.2 Å². The first-order chi connectivity index (χ1) is 10.8.